The Morgan fingerprint density at radius 3 is 2.43 bits per heavy atom. The van der Waals surface area contributed by atoms with Gasteiger partial charge in [-0.25, -0.2) is 17.5 Å². The highest BCUT2D eigenvalue weighted by atomic mass is 32.2. The molecule has 0 radical (unpaired) electrons. The normalized spacial score (nSPS) is 12.0. The van der Waals surface area contributed by atoms with Crippen LogP contribution >= 0.6 is 0 Å². The highest BCUT2D eigenvalue weighted by Crippen LogP contribution is 2.15. The van der Waals surface area contributed by atoms with Gasteiger partial charge >= 0.3 is 0 Å². The first kappa shape index (κ1) is 18.0. The smallest absolute Gasteiger partial charge is 0.243 e. The minimum Gasteiger partial charge on any atom is -0.316 e. The van der Waals surface area contributed by atoms with Crippen LogP contribution in [0.5, 0.6) is 0 Å². The van der Waals surface area contributed by atoms with Crippen LogP contribution in [-0.4, -0.2) is 46.5 Å². The zero-order chi connectivity index (χ0) is 15.9. The first-order valence-electron chi connectivity index (χ1n) is 7.09. The Hall–Kier alpha value is -1.02. The number of benzene rings is 1. The monoisotopic (exact) mass is 317 g/mol. The van der Waals surface area contributed by atoms with Crippen molar-refractivity contribution in [3.63, 3.8) is 0 Å². The molecule has 0 aliphatic rings. The molecular weight excluding hydrogens is 293 g/mol. The molecule has 21 heavy (non-hydrogen) atoms. The summed E-state index contributed by atoms with van der Waals surface area (Å²) in [5.41, 5.74) is 0.706. The summed E-state index contributed by atoms with van der Waals surface area (Å²) < 4.78 is 40.6. The summed E-state index contributed by atoms with van der Waals surface area (Å²) >= 11 is 0. The number of halogens is 1. The van der Waals surface area contributed by atoms with Crippen molar-refractivity contribution in [3.8, 4) is 0 Å². The standard InChI is InChI=1S/C14H24FN3O2S/c1-4-18(5-2)9-8-17-21(19,20)14-7-6-12(11-16-3)10-13(14)15/h6-7,10,16-17H,4-5,8-9,11H2,1-3H3. The summed E-state index contributed by atoms with van der Waals surface area (Å²) in [4.78, 5) is 1.79. The second-order valence-electron chi connectivity index (χ2n) is 4.72. The molecule has 120 valence electrons. The molecule has 0 atom stereocenters. The molecule has 0 amide bonds. The van der Waals surface area contributed by atoms with E-state index in [1.807, 2.05) is 13.8 Å². The third-order valence-electron chi connectivity index (χ3n) is 3.28. The summed E-state index contributed by atoms with van der Waals surface area (Å²) in [5, 5.41) is 2.89. The summed E-state index contributed by atoms with van der Waals surface area (Å²) in [5.74, 6) is -0.724. The van der Waals surface area contributed by atoms with Gasteiger partial charge in [-0.3, -0.25) is 0 Å². The fourth-order valence-electron chi connectivity index (χ4n) is 2.03. The molecule has 0 saturated carbocycles. The quantitative estimate of drug-likeness (QED) is 0.718. The number of hydrogen-bond donors (Lipinski definition) is 2. The maximum Gasteiger partial charge on any atom is 0.243 e. The second-order valence-corrected chi connectivity index (χ2v) is 6.46. The van der Waals surface area contributed by atoms with E-state index in [2.05, 4.69) is 14.9 Å². The van der Waals surface area contributed by atoms with E-state index in [1.54, 1.807) is 13.1 Å². The van der Waals surface area contributed by atoms with Crippen molar-refractivity contribution in [3.05, 3.63) is 29.6 Å². The van der Waals surface area contributed by atoms with Crippen molar-refractivity contribution in [2.24, 2.45) is 0 Å². The maximum atomic E-state index is 13.9. The lowest BCUT2D eigenvalue weighted by atomic mass is 10.2. The van der Waals surface area contributed by atoms with E-state index in [0.717, 1.165) is 13.1 Å². The lowest BCUT2D eigenvalue weighted by Crippen LogP contribution is -2.35. The topological polar surface area (TPSA) is 61.4 Å². The Kier molecular flexibility index (Phi) is 7.24. The van der Waals surface area contributed by atoms with Gasteiger partial charge in [-0.15, -0.1) is 0 Å². The van der Waals surface area contributed by atoms with Crippen LogP contribution in [0.2, 0.25) is 0 Å². The van der Waals surface area contributed by atoms with Crippen LogP contribution in [0, 0.1) is 5.82 Å². The van der Waals surface area contributed by atoms with E-state index < -0.39 is 15.8 Å². The molecule has 0 spiro atoms. The fraction of sp³-hybridized carbons (Fsp3) is 0.571. The van der Waals surface area contributed by atoms with Gasteiger partial charge in [0.05, 0.1) is 0 Å². The molecule has 0 unspecified atom stereocenters. The molecule has 0 fully saturated rings. The Bertz CT molecular complexity index is 545. The molecule has 0 heterocycles. The van der Waals surface area contributed by atoms with Crippen molar-refractivity contribution >= 4 is 10.0 Å². The molecule has 0 saturated heterocycles. The highest BCUT2D eigenvalue weighted by molar-refractivity contribution is 7.89. The number of likely N-dealkylation sites (N-methyl/N-ethyl adjacent to an activating group) is 1. The van der Waals surface area contributed by atoms with E-state index in [9.17, 15) is 12.8 Å². The van der Waals surface area contributed by atoms with E-state index in [1.165, 1.54) is 12.1 Å². The minimum absolute atomic E-state index is 0.266. The van der Waals surface area contributed by atoms with Gasteiger partial charge in [-0.05, 0) is 37.8 Å². The third-order valence-corrected chi connectivity index (χ3v) is 4.78. The largest absolute Gasteiger partial charge is 0.316 e. The van der Waals surface area contributed by atoms with Gasteiger partial charge in [0, 0.05) is 19.6 Å². The van der Waals surface area contributed by atoms with Crippen molar-refractivity contribution in [1.29, 1.82) is 0 Å². The Labute approximate surface area is 126 Å². The zero-order valence-electron chi connectivity index (χ0n) is 12.8. The lowest BCUT2D eigenvalue weighted by molar-refractivity contribution is 0.309. The summed E-state index contributed by atoms with van der Waals surface area (Å²) in [7, 11) is -2.06. The minimum atomic E-state index is -3.81. The molecule has 5 nitrogen and oxygen atoms in total. The van der Waals surface area contributed by atoms with Crippen molar-refractivity contribution in [2.45, 2.75) is 25.3 Å². The molecule has 1 aromatic carbocycles. The average Bonchev–Trinajstić information content (AvgIpc) is 2.44. The van der Waals surface area contributed by atoms with E-state index in [-0.39, 0.29) is 11.4 Å². The zero-order valence-corrected chi connectivity index (χ0v) is 13.6. The van der Waals surface area contributed by atoms with Crippen molar-refractivity contribution in [1.82, 2.24) is 14.9 Å². The van der Waals surface area contributed by atoms with Crippen LogP contribution in [0.1, 0.15) is 19.4 Å². The Morgan fingerprint density at radius 2 is 1.90 bits per heavy atom. The van der Waals surface area contributed by atoms with Gasteiger partial charge in [0.25, 0.3) is 0 Å². The predicted octanol–water partition coefficient (Wildman–Crippen LogP) is 1.17. The molecule has 2 N–H and O–H groups in total. The maximum absolute atomic E-state index is 13.9. The van der Waals surface area contributed by atoms with Gasteiger partial charge in [-0.1, -0.05) is 19.9 Å². The molecule has 0 bridgehead atoms. The van der Waals surface area contributed by atoms with Crippen LogP contribution in [-0.2, 0) is 16.6 Å². The molecule has 7 heteroatoms. The molecular formula is C14H24FN3O2S. The SMILES string of the molecule is CCN(CC)CCNS(=O)(=O)c1ccc(CNC)cc1F. The van der Waals surface area contributed by atoms with Gasteiger partial charge in [0.1, 0.15) is 10.7 Å². The predicted molar refractivity (Wildman–Crippen MR) is 82.1 cm³/mol. The molecule has 0 aliphatic heterocycles. The van der Waals surface area contributed by atoms with E-state index in [4.69, 9.17) is 0 Å². The average molecular weight is 317 g/mol. The van der Waals surface area contributed by atoms with Crippen LogP contribution in [0.15, 0.2) is 23.1 Å². The van der Waals surface area contributed by atoms with Crippen LogP contribution < -0.4 is 10.0 Å². The third kappa shape index (κ3) is 5.35. The van der Waals surface area contributed by atoms with Crippen LogP contribution in [0.4, 0.5) is 4.39 Å². The first-order chi connectivity index (χ1) is 9.94. The number of sulfonamides is 1. The van der Waals surface area contributed by atoms with E-state index in [0.29, 0.717) is 18.7 Å². The summed E-state index contributed by atoms with van der Waals surface area (Å²) in [6, 6.07) is 4.16. The Balaban J connectivity index is 2.74. The van der Waals surface area contributed by atoms with Crippen LogP contribution in [0.3, 0.4) is 0 Å². The number of hydrogen-bond acceptors (Lipinski definition) is 4. The van der Waals surface area contributed by atoms with Gasteiger partial charge in [0.2, 0.25) is 10.0 Å². The van der Waals surface area contributed by atoms with Crippen LogP contribution in [0.25, 0.3) is 0 Å². The number of nitrogens with one attached hydrogen (secondary N) is 2. The number of rotatable bonds is 9. The second kappa shape index (κ2) is 8.43. The first-order valence-corrected chi connectivity index (χ1v) is 8.58. The molecule has 0 aliphatic carbocycles. The fourth-order valence-corrected chi connectivity index (χ4v) is 3.11. The number of nitrogens with zero attached hydrogens (tertiary/aromatic N) is 1. The molecule has 0 aromatic heterocycles. The highest BCUT2D eigenvalue weighted by Gasteiger charge is 2.19. The Morgan fingerprint density at radius 1 is 1.24 bits per heavy atom. The van der Waals surface area contributed by atoms with Gasteiger partial charge in [0.15, 0.2) is 0 Å². The van der Waals surface area contributed by atoms with Gasteiger partial charge in [-0.2, -0.15) is 0 Å². The van der Waals surface area contributed by atoms with E-state index >= 15 is 0 Å². The van der Waals surface area contributed by atoms with Gasteiger partial charge < -0.3 is 10.2 Å². The lowest BCUT2D eigenvalue weighted by Gasteiger charge is -2.18. The molecule has 1 aromatic rings. The summed E-state index contributed by atoms with van der Waals surface area (Å²) in [6.45, 7) is 7.09. The molecule has 1 rings (SSSR count). The van der Waals surface area contributed by atoms with Crippen molar-refractivity contribution in [2.75, 3.05) is 33.2 Å². The van der Waals surface area contributed by atoms with Crippen molar-refractivity contribution < 1.29 is 12.8 Å². The summed E-state index contributed by atoms with van der Waals surface area (Å²) in [6.07, 6.45) is 0.